The average molecular weight is 171 g/mol. The van der Waals surface area contributed by atoms with E-state index in [1.807, 2.05) is 13.8 Å². The molecule has 12 heavy (non-hydrogen) atoms. The molecule has 0 bridgehead atoms. The second-order valence-corrected chi connectivity index (χ2v) is 3.22. The van der Waals surface area contributed by atoms with Gasteiger partial charge in [-0.25, -0.2) is 4.79 Å². The van der Waals surface area contributed by atoms with Crippen LogP contribution in [0.5, 0.6) is 0 Å². The Kier molecular flexibility index (Phi) is 2.92. The Balaban J connectivity index is 2.47. The van der Waals surface area contributed by atoms with Crippen LogP contribution in [0.3, 0.4) is 0 Å². The minimum atomic E-state index is 0.0120. The van der Waals surface area contributed by atoms with Gasteiger partial charge in [-0.2, -0.15) is 0 Å². The lowest BCUT2D eigenvalue weighted by molar-refractivity contribution is 0.195. The molecule has 4 heteroatoms. The van der Waals surface area contributed by atoms with E-state index in [0.29, 0.717) is 6.54 Å². The van der Waals surface area contributed by atoms with E-state index in [-0.39, 0.29) is 18.1 Å². The topological polar surface area (TPSA) is 58.4 Å². The largest absolute Gasteiger partial charge is 0.338 e. The second-order valence-electron chi connectivity index (χ2n) is 3.22. The highest BCUT2D eigenvalue weighted by Gasteiger charge is 2.30. The third kappa shape index (κ3) is 1.69. The van der Waals surface area contributed by atoms with Gasteiger partial charge in [0.15, 0.2) is 0 Å². The first-order valence-electron chi connectivity index (χ1n) is 4.47. The molecule has 0 aromatic carbocycles. The number of hydrogen-bond acceptors (Lipinski definition) is 2. The Hall–Kier alpha value is -0.770. The van der Waals surface area contributed by atoms with Crippen LogP contribution in [-0.4, -0.2) is 36.1 Å². The molecular formula is C8H17N3O. The van der Waals surface area contributed by atoms with Gasteiger partial charge in [0.05, 0.1) is 0 Å². The van der Waals surface area contributed by atoms with Crippen LogP contribution in [0, 0.1) is 0 Å². The smallest absolute Gasteiger partial charge is 0.317 e. The van der Waals surface area contributed by atoms with Crippen LogP contribution in [0.25, 0.3) is 0 Å². The molecule has 2 amide bonds. The van der Waals surface area contributed by atoms with Crippen LogP contribution >= 0.6 is 0 Å². The number of carbonyl (C=O) groups excluding carboxylic acids is 1. The molecule has 1 heterocycles. The summed E-state index contributed by atoms with van der Waals surface area (Å²) < 4.78 is 0. The number of rotatable bonds is 1. The molecule has 1 saturated heterocycles. The summed E-state index contributed by atoms with van der Waals surface area (Å²) >= 11 is 0. The lowest BCUT2D eigenvalue weighted by Gasteiger charge is -2.22. The third-order valence-electron chi connectivity index (χ3n) is 2.40. The molecule has 1 aliphatic rings. The van der Waals surface area contributed by atoms with Gasteiger partial charge in [-0.15, -0.1) is 0 Å². The lowest BCUT2D eigenvalue weighted by atomic mass is 10.2. The molecule has 1 fully saturated rings. The van der Waals surface area contributed by atoms with Crippen molar-refractivity contribution < 1.29 is 4.79 Å². The fourth-order valence-corrected chi connectivity index (χ4v) is 1.50. The highest BCUT2D eigenvalue weighted by molar-refractivity contribution is 5.74. The van der Waals surface area contributed by atoms with Crippen molar-refractivity contribution in [1.29, 1.82) is 0 Å². The first-order chi connectivity index (χ1) is 5.66. The summed E-state index contributed by atoms with van der Waals surface area (Å²) in [7, 11) is 0. The predicted molar refractivity (Wildman–Crippen MR) is 47.8 cm³/mol. The van der Waals surface area contributed by atoms with E-state index in [4.69, 9.17) is 5.73 Å². The van der Waals surface area contributed by atoms with Gasteiger partial charge in [-0.3, -0.25) is 0 Å². The molecule has 0 saturated carbocycles. The van der Waals surface area contributed by atoms with Crippen molar-refractivity contribution in [2.75, 3.05) is 13.1 Å². The van der Waals surface area contributed by atoms with Gasteiger partial charge < -0.3 is 16.0 Å². The highest BCUT2D eigenvalue weighted by Crippen LogP contribution is 2.15. The van der Waals surface area contributed by atoms with Gasteiger partial charge in [0, 0.05) is 25.2 Å². The first-order valence-corrected chi connectivity index (χ1v) is 4.47. The zero-order chi connectivity index (χ0) is 9.14. The zero-order valence-corrected chi connectivity index (χ0v) is 7.71. The monoisotopic (exact) mass is 171 g/mol. The number of amides is 2. The fourth-order valence-electron chi connectivity index (χ4n) is 1.50. The van der Waals surface area contributed by atoms with E-state index >= 15 is 0 Å². The molecule has 4 nitrogen and oxygen atoms in total. The first kappa shape index (κ1) is 9.32. The minimum Gasteiger partial charge on any atom is -0.338 e. The van der Waals surface area contributed by atoms with Gasteiger partial charge in [-0.05, 0) is 20.3 Å². The van der Waals surface area contributed by atoms with Crippen molar-refractivity contribution >= 4 is 6.03 Å². The summed E-state index contributed by atoms with van der Waals surface area (Å²) in [5.41, 5.74) is 5.78. The van der Waals surface area contributed by atoms with Gasteiger partial charge in [0.2, 0.25) is 0 Å². The molecule has 2 atom stereocenters. The minimum absolute atomic E-state index is 0.0120. The number of hydrogen-bond donors (Lipinski definition) is 2. The van der Waals surface area contributed by atoms with Crippen molar-refractivity contribution in [3.63, 3.8) is 0 Å². The Morgan fingerprint density at radius 1 is 1.75 bits per heavy atom. The molecule has 3 N–H and O–H groups in total. The maximum Gasteiger partial charge on any atom is 0.317 e. The standard InChI is InChI=1S/C8H17N3O/c1-3-10-8(12)11-5-4-7(9)6(11)2/h6-7H,3-5,9H2,1-2H3,(H,10,12). The summed E-state index contributed by atoms with van der Waals surface area (Å²) in [5.74, 6) is 0. The Bertz CT molecular complexity index is 172. The predicted octanol–water partition coefficient (Wildman–Crippen LogP) is 0.137. The van der Waals surface area contributed by atoms with Gasteiger partial charge >= 0.3 is 6.03 Å². The van der Waals surface area contributed by atoms with Gasteiger partial charge in [0.25, 0.3) is 0 Å². The van der Waals surface area contributed by atoms with E-state index in [0.717, 1.165) is 13.0 Å². The molecule has 0 radical (unpaired) electrons. The summed E-state index contributed by atoms with van der Waals surface area (Å²) in [5, 5.41) is 2.77. The third-order valence-corrected chi connectivity index (χ3v) is 2.40. The van der Waals surface area contributed by atoms with Crippen molar-refractivity contribution in [1.82, 2.24) is 10.2 Å². The lowest BCUT2D eigenvalue weighted by Crippen LogP contribution is -2.45. The van der Waals surface area contributed by atoms with E-state index in [2.05, 4.69) is 5.32 Å². The SMILES string of the molecule is CCNC(=O)N1CCC(N)C1C. The van der Waals surface area contributed by atoms with E-state index in [1.54, 1.807) is 4.90 Å². The van der Waals surface area contributed by atoms with Crippen molar-refractivity contribution in [3.05, 3.63) is 0 Å². The normalized spacial score (nSPS) is 29.1. The molecule has 2 unspecified atom stereocenters. The molecule has 0 aromatic heterocycles. The van der Waals surface area contributed by atoms with Gasteiger partial charge in [0.1, 0.15) is 0 Å². The maximum absolute atomic E-state index is 11.4. The van der Waals surface area contributed by atoms with Crippen LogP contribution in [0.2, 0.25) is 0 Å². The van der Waals surface area contributed by atoms with E-state index < -0.39 is 0 Å². The Morgan fingerprint density at radius 3 is 2.83 bits per heavy atom. The van der Waals surface area contributed by atoms with Crippen LogP contribution in [0.15, 0.2) is 0 Å². The molecular weight excluding hydrogens is 154 g/mol. The summed E-state index contributed by atoms with van der Waals surface area (Å²) in [4.78, 5) is 13.2. The van der Waals surface area contributed by atoms with E-state index in [1.165, 1.54) is 0 Å². The maximum atomic E-state index is 11.4. The average Bonchev–Trinajstić information content (AvgIpc) is 2.34. The molecule has 0 spiro atoms. The summed E-state index contributed by atoms with van der Waals surface area (Å²) in [6.07, 6.45) is 0.915. The quantitative estimate of drug-likeness (QED) is 0.589. The van der Waals surface area contributed by atoms with Crippen LogP contribution < -0.4 is 11.1 Å². The van der Waals surface area contributed by atoms with Crippen molar-refractivity contribution in [2.45, 2.75) is 32.4 Å². The summed E-state index contributed by atoms with van der Waals surface area (Å²) in [6, 6.07) is 0.335. The molecule has 0 aromatic rings. The van der Waals surface area contributed by atoms with Crippen LogP contribution in [0.1, 0.15) is 20.3 Å². The van der Waals surface area contributed by atoms with Crippen molar-refractivity contribution in [2.24, 2.45) is 5.73 Å². The van der Waals surface area contributed by atoms with Crippen LogP contribution in [-0.2, 0) is 0 Å². The molecule has 1 aliphatic heterocycles. The van der Waals surface area contributed by atoms with Gasteiger partial charge in [-0.1, -0.05) is 0 Å². The Morgan fingerprint density at radius 2 is 2.42 bits per heavy atom. The highest BCUT2D eigenvalue weighted by atomic mass is 16.2. The second kappa shape index (κ2) is 3.76. The number of likely N-dealkylation sites (tertiary alicyclic amines) is 1. The molecule has 0 aliphatic carbocycles. The summed E-state index contributed by atoms with van der Waals surface area (Å²) in [6.45, 7) is 5.37. The van der Waals surface area contributed by atoms with Crippen LogP contribution in [0.4, 0.5) is 4.79 Å². The van der Waals surface area contributed by atoms with E-state index in [9.17, 15) is 4.79 Å². The fraction of sp³-hybridized carbons (Fsp3) is 0.875. The zero-order valence-electron chi connectivity index (χ0n) is 7.71. The number of urea groups is 1. The molecule has 1 rings (SSSR count). The number of nitrogens with zero attached hydrogens (tertiary/aromatic N) is 1. The van der Waals surface area contributed by atoms with Crippen molar-refractivity contribution in [3.8, 4) is 0 Å². The number of carbonyl (C=O) groups is 1. The Labute approximate surface area is 73.1 Å². The number of nitrogens with two attached hydrogens (primary N) is 1. The number of nitrogens with one attached hydrogen (secondary N) is 1. The molecule has 70 valence electrons.